The second-order valence-corrected chi connectivity index (χ2v) is 5.83. The molecule has 1 aromatic rings. The van der Waals surface area contributed by atoms with Gasteiger partial charge in [-0.25, -0.2) is 4.79 Å². The molecule has 2 rings (SSSR count). The highest BCUT2D eigenvalue weighted by atomic mass is 16.2. The van der Waals surface area contributed by atoms with Gasteiger partial charge in [0.25, 0.3) is 0 Å². The van der Waals surface area contributed by atoms with Gasteiger partial charge in [-0.3, -0.25) is 15.0 Å². The topological polar surface area (TPSA) is 75.4 Å². The predicted molar refractivity (Wildman–Crippen MR) is 86.4 cm³/mol. The van der Waals surface area contributed by atoms with Crippen LogP contribution in [0.1, 0.15) is 44.1 Å². The first kappa shape index (κ1) is 16.5. The number of nitrogens with one attached hydrogen (secondary N) is 1. The van der Waals surface area contributed by atoms with Gasteiger partial charge in [-0.2, -0.15) is 0 Å². The number of primary amides is 1. The molecule has 1 heterocycles. The maximum absolute atomic E-state index is 11.6. The Morgan fingerprint density at radius 3 is 2.73 bits per heavy atom. The zero-order chi connectivity index (χ0) is 15.9. The fraction of sp³-hybridized carbons (Fsp3) is 0.529. The van der Waals surface area contributed by atoms with Gasteiger partial charge in [-0.1, -0.05) is 37.3 Å². The van der Waals surface area contributed by atoms with Crippen molar-refractivity contribution in [2.24, 2.45) is 5.73 Å². The third kappa shape index (κ3) is 4.31. The molecule has 1 saturated heterocycles. The molecule has 0 bridgehead atoms. The summed E-state index contributed by atoms with van der Waals surface area (Å²) >= 11 is 0. The lowest BCUT2D eigenvalue weighted by Crippen LogP contribution is -2.40. The van der Waals surface area contributed by atoms with Gasteiger partial charge in [0, 0.05) is 19.0 Å². The summed E-state index contributed by atoms with van der Waals surface area (Å²) in [7, 11) is 0. The molecular formula is C17H25N3O2. The van der Waals surface area contributed by atoms with E-state index >= 15 is 0 Å². The Morgan fingerprint density at radius 1 is 1.36 bits per heavy atom. The molecule has 1 fully saturated rings. The average molecular weight is 303 g/mol. The van der Waals surface area contributed by atoms with E-state index in [1.165, 1.54) is 5.56 Å². The molecule has 22 heavy (non-hydrogen) atoms. The molecule has 5 nitrogen and oxygen atoms in total. The summed E-state index contributed by atoms with van der Waals surface area (Å²) in [5.74, 6) is 0.189. The van der Waals surface area contributed by atoms with Crippen molar-refractivity contribution in [2.75, 3.05) is 13.1 Å². The van der Waals surface area contributed by atoms with Crippen molar-refractivity contribution in [1.29, 1.82) is 0 Å². The Hall–Kier alpha value is -1.88. The standard InChI is InChI=1S/C17H25N3O2/c1-2-14(13-7-4-3-5-8-13)15-9-6-11-20(15)12-10-16(21)19-17(18)22/h3-5,7-8,14-15H,2,6,9-12H2,1H3,(H3,18,19,21,22)/t14-,15+/m1/s1. The highest BCUT2D eigenvalue weighted by molar-refractivity contribution is 5.93. The number of imide groups is 1. The summed E-state index contributed by atoms with van der Waals surface area (Å²) in [6, 6.07) is 10.3. The van der Waals surface area contributed by atoms with Gasteiger partial charge in [-0.15, -0.1) is 0 Å². The maximum atomic E-state index is 11.6. The van der Waals surface area contributed by atoms with Crippen LogP contribution in [0.15, 0.2) is 30.3 Å². The van der Waals surface area contributed by atoms with Gasteiger partial charge in [-0.05, 0) is 37.3 Å². The molecular weight excluding hydrogens is 278 g/mol. The van der Waals surface area contributed by atoms with Crippen molar-refractivity contribution in [1.82, 2.24) is 10.2 Å². The van der Waals surface area contributed by atoms with Gasteiger partial charge in [0.05, 0.1) is 0 Å². The van der Waals surface area contributed by atoms with E-state index in [0.717, 1.165) is 25.8 Å². The number of urea groups is 1. The molecule has 120 valence electrons. The Bertz CT molecular complexity index is 504. The Morgan fingerprint density at radius 2 is 2.09 bits per heavy atom. The predicted octanol–water partition coefficient (Wildman–Crippen LogP) is 2.23. The second kappa shape index (κ2) is 7.94. The SMILES string of the molecule is CC[C@H](c1ccccc1)[C@@H]1CCCN1CCC(=O)NC(N)=O. The highest BCUT2D eigenvalue weighted by Crippen LogP contribution is 2.33. The van der Waals surface area contributed by atoms with Crippen molar-refractivity contribution >= 4 is 11.9 Å². The fourth-order valence-electron chi connectivity index (χ4n) is 3.46. The van der Waals surface area contributed by atoms with E-state index in [1.807, 2.05) is 6.07 Å². The van der Waals surface area contributed by atoms with Crippen LogP contribution in [-0.2, 0) is 4.79 Å². The minimum absolute atomic E-state index is 0.300. The lowest BCUT2D eigenvalue weighted by atomic mass is 9.87. The summed E-state index contributed by atoms with van der Waals surface area (Å²) in [5, 5.41) is 2.13. The summed E-state index contributed by atoms with van der Waals surface area (Å²) < 4.78 is 0. The van der Waals surface area contributed by atoms with Gasteiger partial charge >= 0.3 is 6.03 Å². The summed E-state index contributed by atoms with van der Waals surface area (Å²) in [4.78, 5) is 24.7. The molecule has 0 radical (unpaired) electrons. The van der Waals surface area contributed by atoms with Crippen LogP contribution in [0, 0.1) is 0 Å². The number of nitrogens with two attached hydrogens (primary N) is 1. The molecule has 1 aliphatic heterocycles. The Balaban J connectivity index is 1.97. The minimum Gasteiger partial charge on any atom is -0.351 e. The first-order chi connectivity index (χ1) is 10.6. The van der Waals surface area contributed by atoms with E-state index in [-0.39, 0.29) is 5.91 Å². The number of nitrogens with zero attached hydrogens (tertiary/aromatic N) is 1. The van der Waals surface area contributed by atoms with Gasteiger partial charge in [0.2, 0.25) is 5.91 Å². The summed E-state index contributed by atoms with van der Waals surface area (Å²) in [5.41, 5.74) is 6.33. The van der Waals surface area contributed by atoms with Crippen molar-refractivity contribution in [3.63, 3.8) is 0 Å². The number of hydrogen-bond donors (Lipinski definition) is 2. The molecule has 3 amide bonds. The average Bonchev–Trinajstić information content (AvgIpc) is 2.95. The first-order valence-corrected chi connectivity index (χ1v) is 8.00. The van der Waals surface area contributed by atoms with Crippen molar-refractivity contribution in [2.45, 2.75) is 44.6 Å². The van der Waals surface area contributed by atoms with E-state index in [1.54, 1.807) is 0 Å². The van der Waals surface area contributed by atoms with Crippen LogP contribution in [0.5, 0.6) is 0 Å². The number of hydrogen-bond acceptors (Lipinski definition) is 3. The molecule has 1 aliphatic rings. The maximum Gasteiger partial charge on any atom is 0.318 e. The highest BCUT2D eigenvalue weighted by Gasteiger charge is 2.31. The Kier molecular flexibility index (Phi) is 5.95. The normalized spacial score (nSPS) is 19.8. The molecule has 0 aliphatic carbocycles. The molecule has 2 atom stereocenters. The van der Waals surface area contributed by atoms with Gasteiger partial charge in [0.15, 0.2) is 0 Å². The van der Waals surface area contributed by atoms with Crippen molar-refractivity contribution in [3.8, 4) is 0 Å². The largest absolute Gasteiger partial charge is 0.351 e. The van der Waals surface area contributed by atoms with Crippen LogP contribution in [0.25, 0.3) is 0 Å². The molecule has 0 saturated carbocycles. The monoisotopic (exact) mass is 303 g/mol. The summed E-state index contributed by atoms with van der Waals surface area (Å²) in [6.07, 6.45) is 3.71. The van der Waals surface area contributed by atoms with Crippen LogP contribution in [-0.4, -0.2) is 36.0 Å². The number of carbonyl (C=O) groups excluding carboxylic acids is 2. The third-order valence-corrected chi connectivity index (χ3v) is 4.43. The van der Waals surface area contributed by atoms with Crippen LogP contribution >= 0.6 is 0 Å². The smallest absolute Gasteiger partial charge is 0.318 e. The zero-order valence-electron chi connectivity index (χ0n) is 13.1. The van der Waals surface area contributed by atoms with Gasteiger partial charge < -0.3 is 5.73 Å². The number of amides is 3. The van der Waals surface area contributed by atoms with Crippen molar-refractivity contribution in [3.05, 3.63) is 35.9 Å². The van der Waals surface area contributed by atoms with E-state index < -0.39 is 6.03 Å². The summed E-state index contributed by atoms with van der Waals surface area (Å²) in [6.45, 7) is 3.90. The number of benzene rings is 1. The fourth-order valence-corrected chi connectivity index (χ4v) is 3.46. The molecule has 5 heteroatoms. The van der Waals surface area contributed by atoms with Crippen LogP contribution in [0.2, 0.25) is 0 Å². The van der Waals surface area contributed by atoms with E-state index in [0.29, 0.717) is 24.9 Å². The van der Waals surface area contributed by atoms with E-state index in [2.05, 4.69) is 41.4 Å². The number of likely N-dealkylation sites (tertiary alicyclic amines) is 1. The molecule has 1 aromatic carbocycles. The Labute approximate surface area is 131 Å². The van der Waals surface area contributed by atoms with Crippen LogP contribution in [0.4, 0.5) is 4.79 Å². The third-order valence-electron chi connectivity index (χ3n) is 4.43. The molecule has 3 N–H and O–H groups in total. The second-order valence-electron chi connectivity index (χ2n) is 5.83. The lowest BCUT2D eigenvalue weighted by Gasteiger charge is -2.31. The van der Waals surface area contributed by atoms with E-state index in [4.69, 9.17) is 5.73 Å². The number of carbonyl (C=O) groups is 2. The minimum atomic E-state index is -0.779. The van der Waals surface area contributed by atoms with Gasteiger partial charge in [0.1, 0.15) is 0 Å². The van der Waals surface area contributed by atoms with Crippen LogP contribution < -0.4 is 11.1 Å². The molecule has 0 unspecified atom stereocenters. The van der Waals surface area contributed by atoms with Crippen molar-refractivity contribution < 1.29 is 9.59 Å². The first-order valence-electron chi connectivity index (χ1n) is 8.00. The van der Waals surface area contributed by atoms with E-state index in [9.17, 15) is 9.59 Å². The quantitative estimate of drug-likeness (QED) is 0.846. The van der Waals surface area contributed by atoms with Crippen LogP contribution in [0.3, 0.4) is 0 Å². The molecule has 0 aromatic heterocycles. The lowest BCUT2D eigenvalue weighted by molar-refractivity contribution is -0.120. The molecule has 0 spiro atoms. The number of rotatable bonds is 6. The zero-order valence-corrected chi connectivity index (χ0v) is 13.1.